The van der Waals surface area contributed by atoms with Crippen LogP contribution in [0.25, 0.3) is 0 Å². The lowest BCUT2D eigenvalue weighted by molar-refractivity contribution is -0.119. The average molecular weight is 262 g/mol. The van der Waals surface area contributed by atoms with Gasteiger partial charge in [0.15, 0.2) is 0 Å². The minimum Gasteiger partial charge on any atom is -0.395 e. The third-order valence-corrected chi connectivity index (χ3v) is 2.44. The highest BCUT2D eigenvalue weighted by atomic mass is 19.4. The molecule has 1 aromatic rings. The van der Waals surface area contributed by atoms with Crippen LogP contribution >= 0.6 is 0 Å². The van der Waals surface area contributed by atoms with E-state index in [1.807, 2.05) is 0 Å². The molecule has 0 fully saturated rings. The first-order chi connectivity index (χ1) is 8.48. The van der Waals surface area contributed by atoms with Gasteiger partial charge < -0.3 is 15.3 Å². The smallest absolute Gasteiger partial charge is 0.395 e. The maximum atomic E-state index is 12.5. The molecule has 0 heterocycles. The Balaban J connectivity index is 2.97. The fourth-order valence-corrected chi connectivity index (χ4v) is 1.78. The predicted octanol–water partition coefficient (Wildman–Crippen LogP) is 1.77. The van der Waals surface area contributed by atoms with Gasteiger partial charge in [0.05, 0.1) is 6.61 Å². The minimum absolute atomic E-state index is 0.0414. The molecule has 2 N–H and O–H groups in total. The number of nitrogens with zero attached hydrogens (tertiary/aromatic N) is 1. The summed E-state index contributed by atoms with van der Waals surface area (Å²) in [5.41, 5.74) is 1.27. The molecular weight excluding hydrogens is 245 g/mol. The van der Waals surface area contributed by atoms with Gasteiger partial charge >= 0.3 is 6.18 Å². The Kier molecular flexibility index (Phi) is 5.43. The van der Waals surface area contributed by atoms with Crippen molar-refractivity contribution < 1.29 is 18.3 Å². The lowest BCUT2D eigenvalue weighted by atomic mass is 10.1. The Morgan fingerprint density at radius 2 is 1.94 bits per heavy atom. The Labute approximate surface area is 104 Å². The molecule has 0 aliphatic rings. The molecule has 0 amide bonds. The van der Waals surface area contributed by atoms with Crippen molar-refractivity contribution in [1.29, 1.82) is 0 Å². The summed E-state index contributed by atoms with van der Waals surface area (Å²) < 4.78 is 37.5. The van der Waals surface area contributed by atoms with E-state index in [9.17, 15) is 13.2 Å². The number of aliphatic hydroxyl groups is 1. The summed E-state index contributed by atoms with van der Waals surface area (Å²) in [6, 6.07) is 6.87. The molecule has 6 heteroatoms. The van der Waals surface area contributed by atoms with Crippen LogP contribution in [0.3, 0.4) is 0 Å². The van der Waals surface area contributed by atoms with Crippen LogP contribution in [0.15, 0.2) is 24.3 Å². The highest BCUT2D eigenvalue weighted by Crippen LogP contribution is 2.25. The number of halogens is 3. The van der Waals surface area contributed by atoms with Gasteiger partial charge in [-0.05, 0) is 18.7 Å². The van der Waals surface area contributed by atoms with E-state index >= 15 is 0 Å². The largest absolute Gasteiger partial charge is 0.405 e. The van der Waals surface area contributed by atoms with Gasteiger partial charge in [0.25, 0.3) is 0 Å². The number of rotatable bonds is 6. The van der Waals surface area contributed by atoms with E-state index < -0.39 is 12.7 Å². The summed E-state index contributed by atoms with van der Waals surface area (Å²) in [5.74, 6) is 0. The predicted molar refractivity (Wildman–Crippen MR) is 64.6 cm³/mol. The Bertz CT molecular complexity index is 369. The number of hydrogen-bond donors (Lipinski definition) is 2. The molecule has 0 unspecified atom stereocenters. The van der Waals surface area contributed by atoms with E-state index in [1.54, 1.807) is 31.3 Å². The topological polar surface area (TPSA) is 35.5 Å². The molecule has 0 spiro atoms. The fraction of sp³-hybridized carbons (Fsp3) is 0.500. The standard InChI is InChI=1S/C12H17F3N2O/c1-16-8-10-4-2-3-5-11(10)17(6-7-18)9-12(13,14)15/h2-5,16,18H,6-9H2,1H3. The van der Waals surface area contributed by atoms with Crippen molar-refractivity contribution in [3.05, 3.63) is 29.8 Å². The van der Waals surface area contributed by atoms with Crippen LogP contribution in [0.5, 0.6) is 0 Å². The Hall–Kier alpha value is -1.27. The molecule has 102 valence electrons. The van der Waals surface area contributed by atoms with Crippen molar-refractivity contribution in [2.45, 2.75) is 12.7 Å². The second-order valence-corrected chi connectivity index (χ2v) is 3.92. The molecule has 0 aromatic heterocycles. The van der Waals surface area contributed by atoms with E-state index in [4.69, 9.17) is 5.11 Å². The molecule has 0 aliphatic heterocycles. The van der Waals surface area contributed by atoms with Crippen LogP contribution < -0.4 is 10.2 Å². The molecule has 0 radical (unpaired) electrons. The van der Waals surface area contributed by atoms with Crippen LogP contribution in [0.4, 0.5) is 18.9 Å². The van der Waals surface area contributed by atoms with Gasteiger partial charge in [0.1, 0.15) is 6.54 Å². The highest BCUT2D eigenvalue weighted by Gasteiger charge is 2.31. The number of anilines is 1. The van der Waals surface area contributed by atoms with E-state index in [2.05, 4.69) is 5.32 Å². The van der Waals surface area contributed by atoms with Gasteiger partial charge in [-0.3, -0.25) is 0 Å². The molecule has 1 rings (SSSR count). The summed E-state index contributed by atoms with van der Waals surface area (Å²) >= 11 is 0. The number of hydrogen-bond acceptors (Lipinski definition) is 3. The lowest BCUT2D eigenvalue weighted by Gasteiger charge is -2.27. The van der Waals surface area contributed by atoms with Gasteiger partial charge in [-0.1, -0.05) is 18.2 Å². The SMILES string of the molecule is CNCc1ccccc1N(CCO)CC(F)(F)F. The van der Waals surface area contributed by atoms with Crippen molar-refractivity contribution >= 4 is 5.69 Å². The summed E-state index contributed by atoms with van der Waals surface area (Å²) in [4.78, 5) is 1.15. The van der Waals surface area contributed by atoms with E-state index in [0.29, 0.717) is 12.2 Å². The lowest BCUT2D eigenvalue weighted by Crippen LogP contribution is -2.37. The maximum absolute atomic E-state index is 12.5. The molecule has 3 nitrogen and oxygen atoms in total. The third-order valence-electron chi connectivity index (χ3n) is 2.44. The summed E-state index contributed by atoms with van der Waals surface area (Å²) in [7, 11) is 1.73. The number of aliphatic hydroxyl groups excluding tert-OH is 1. The second kappa shape index (κ2) is 6.61. The number of benzene rings is 1. The molecule has 0 bridgehead atoms. The zero-order valence-corrected chi connectivity index (χ0v) is 10.2. The van der Waals surface area contributed by atoms with Crippen LogP contribution in [0.2, 0.25) is 0 Å². The van der Waals surface area contributed by atoms with Crippen molar-refractivity contribution in [3.63, 3.8) is 0 Å². The van der Waals surface area contributed by atoms with E-state index in [0.717, 1.165) is 10.5 Å². The zero-order chi connectivity index (χ0) is 13.6. The van der Waals surface area contributed by atoms with Crippen molar-refractivity contribution in [1.82, 2.24) is 5.32 Å². The zero-order valence-electron chi connectivity index (χ0n) is 10.2. The molecular formula is C12H17F3N2O. The summed E-state index contributed by atoms with van der Waals surface area (Å²) in [6.45, 7) is -0.936. The molecule has 0 atom stereocenters. The number of nitrogens with one attached hydrogen (secondary N) is 1. The van der Waals surface area contributed by atoms with Gasteiger partial charge in [0.2, 0.25) is 0 Å². The first-order valence-electron chi connectivity index (χ1n) is 5.63. The minimum atomic E-state index is -4.29. The first kappa shape index (κ1) is 14.8. The highest BCUT2D eigenvalue weighted by molar-refractivity contribution is 5.53. The summed E-state index contributed by atoms with van der Waals surface area (Å²) in [5, 5.41) is 11.8. The van der Waals surface area contributed by atoms with Crippen molar-refractivity contribution in [2.75, 3.05) is 31.6 Å². The number of alkyl halides is 3. The number of para-hydroxylation sites is 1. The molecule has 1 aromatic carbocycles. The normalized spacial score (nSPS) is 11.6. The van der Waals surface area contributed by atoms with Gasteiger partial charge in [-0.2, -0.15) is 13.2 Å². The van der Waals surface area contributed by atoms with Crippen LogP contribution in [0, 0.1) is 0 Å². The first-order valence-corrected chi connectivity index (χ1v) is 5.63. The van der Waals surface area contributed by atoms with Crippen molar-refractivity contribution in [2.24, 2.45) is 0 Å². The Morgan fingerprint density at radius 3 is 2.50 bits per heavy atom. The third kappa shape index (κ3) is 4.54. The molecule has 0 saturated heterocycles. The van der Waals surface area contributed by atoms with Gasteiger partial charge in [0, 0.05) is 18.8 Å². The summed E-state index contributed by atoms with van der Waals surface area (Å²) in [6.07, 6.45) is -4.29. The fourth-order valence-electron chi connectivity index (χ4n) is 1.78. The van der Waals surface area contributed by atoms with Gasteiger partial charge in [-0.15, -0.1) is 0 Å². The van der Waals surface area contributed by atoms with Crippen LogP contribution in [0.1, 0.15) is 5.56 Å². The maximum Gasteiger partial charge on any atom is 0.405 e. The van der Waals surface area contributed by atoms with Crippen LogP contribution in [-0.4, -0.2) is 38.0 Å². The van der Waals surface area contributed by atoms with Crippen molar-refractivity contribution in [3.8, 4) is 0 Å². The molecule has 18 heavy (non-hydrogen) atoms. The monoisotopic (exact) mass is 262 g/mol. The molecule has 0 saturated carbocycles. The van der Waals surface area contributed by atoms with E-state index in [-0.39, 0.29) is 13.2 Å². The quantitative estimate of drug-likeness (QED) is 0.820. The Morgan fingerprint density at radius 1 is 1.28 bits per heavy atom. The van der Waals surface area contributed by atoms with E-state index in [1.165, 1.54) is 0 Å². The van der Waals surface area contributed by atoms with Gasteiger partial charge in [-0.25, -0.2) is 0 Å². The molecule has 0 aliphatic carbocycles. The second-order valence-electron chi connectivity index (χ2n) is 3.92. The van der Waals surface area contributed by atoms with Crippen LogP contribution in [-0.2, 0) is 6.54 Å². The average Bonchev–Trinajstić information content (AvgIpc) is 2.28.